The summed E-state index contributed by atoms with van der Waals surface area (Å²) in [6.45, 7) is 0.390. The first-order valence-corrected chi connectivity index (χ1v) is 10.0. The van der Waals surface area contributed by atoms with Crippen LogP contribution >= 0.6 is 0 Å². The van der Waals surface area contributed by atoms with E-state index in [0.29, 0.717) is 30.6 Å². The molecule has 3 aromatic rings. The van der Waals surface area contributed by atoms with Gasteiger partial charge in [-0.15, -0.1) is 0 Å². The second-order valence-electron chi connectivity index (χ2n) is 7.38. The third-order valence-corrected chi connectivity index (χ3v) is 5.42. The molecule has 0 fully saturated rings. The van der Waals surface area contributed by atoms with Crippen molar-refractivity contribution in [2.24, 2.45) is 0 Å². The number of aromatic amines is 1. The molecule has 7 nitrogen and oxygen atoms in total. The Labute approximate surface area is 179 Å². The molecule has 1 aliphatic rings. The highest BCUT2D eigenvalue weighted by molar-refractivity contribution is 5.84. The summed E-state index contributed by atoms with van der Waals surface area (Å²) in [5.41, 5.74) is 3.09. The number of hydrogen-bond donors (Lipinski definition) is 2. The van der Waals surface area contributed by atoms with Crippen LogP contribution in [0, 0.1) is 5.82 Å². The lowest BCUT2D eigenvalue weighted by Gasteiger charge is -2.36. The molecule has 2 amide bonds. The minimum absolute atomic E-state index is 0.297. The van der Waals surface area contributed by atoms with Crippen molar-refractivity contribution in [1.82, 2.24) is 20.2 Å². The lowest BCUT2D eigenvalue weighted by molar-refractivity contribution is -0.142. The van der Waals surface area contributed by atoms with Gasteiger partial charge in [0.1, 0.15) is 17.9 Å². The normalized spacial score (nSPS) is 16.3. The molecule has 4 rings (SSSR count). The molecule has 2 atom stereocenters. The molecule has 8 heteroatoms. The average molecular weight is 422 g/mol. The highest BCUT2D eigenvalue weighted by atomic mass is 19.1. The van der Waals surface area contributed by atoms with Gasteiger partial charge in [-0.3, -0.25) is 0 Å². The van der Waals surface area contributed by atoms with Crippen LogP contribution in [0.2, 0.25) is 0 Å². The fourth-order valence-corrected chi connectivity index (χ4v) is 3.93. The minimum atomic E-state index is -0.853. The van der Waals surface area contributed by atoms with Gasteiger partial charge in [0.25, 0.3) is 0 Å². The summed E-state index contributed by atoms with van der Waals surface area (Å²) >= 11 is 0. The number of benzene rings is 2. The van der Waals surface area contributed by atoms with Crippen molar-refractivity contribution < 1.29 is 18.7 Å². The Kier molecular flexibility index (Phi) is 5.97. The Morgan fingerprint density at radius 3 is 2.81 bits per heavy atom. The number of H-pyrrole nitrogens is 1. The van der Waals surface area contributed by atoms with Gasteiger partial charge in [0.15, 0.2) is 0 Å². The third kappa shape index (κ3) is 4.42. The van der Waals surface area contributed by atoms with Crippen molar-refractivity contribution >= 4 is 12.0 Å². The van der Waals surface area contributed by atoms with Crippen LogP contribution in [0.3, 0.4) is 0 Å². The maximum absolute atomic E-state index is 13.9. The van der Waals surface area contributed by atoms with E-state index in [-0.39, 0.29) is 0 Å². The Hall–Kier alpha value is -3.68. The van der Waals surface area contributed by atoms with E-state index in [1.807, 2.05) is 30.3 Å². The number of carbonyl (C=O) groups is 2. The fourth-order valence-electron chi connectivity index (χ4n) is 3.93. The number of urea groups is 1. The molecule has 0 saturated heterocycles. The molecule has 0 bridgehead atoms. The number of amides is 2. The number of ether oxygens (including phenoxy) is 1. The third-order valence-electron chi connectivity index (χ3n) is 5.42. The van der Waals surface area contributed by atoms with E-state index >= 15 is 0 Å². The fraction of sp³-hybridized carbons (Fsp3) is 0.261. The Bertz CT molecular complexity index is 1070. The number of hydrogen-bond acceptors (Lipinski definition) is 4. The van der Waals surface area contributed by atoms with Gasteiger partial charge in [0.2, 0.25) is 0 Å². The minimum Gasteiger partial charge on any atom is -0.467 e. The van der Waals surface area contributed by atoms with Gasteiger partial charge in [0, 0.05) is 25.1 Å². The molecule has 0 aliphatic carbocycles. The van der Waals surface area contributed by atoms with E-state index in [9.17, 15) is 14.0 Å². The molecule has 1 aliphatic heterocycles. The van der Waals surface area contributed by atoms with Crippen LogP contribution < -0.4 is 5.32 Å². The Balaban J connectivity index is 1.61. The standard InChI is InChI=1S/C23H23FN4O3/c1-31-22(29)19(12-15-6-3-2-4-7-15)27-23(30)28-11-10-18-20(26-14-25-18)21(28)16-8-5-9-17(24)13-16/h2-9,13-14,19,21H,10-12H2,1H3,(H,25,26)(H,27,30)/t19-,21+/m0/s1. The smallest absolute Gasteiger partial charge is 0.328 e. The van der Waals surface area contributed by atoms with E-state index in [1.54, 1.807) is 23.4 Å². The number of aromatic nitrogens is 2. The molecule has 0 unspecified atom stereocenters. The molecule has 0 radical (unpaired) electrons. The van der Waals surface area contributed by atoms with Crippen molar-refractivity contribution in [3.63, 3.8) is 0 Å². The summed E-state index contributed by atoms with van der Waals surface area (Å²) in [5.74, 6) is -0.922. The van der Waals surface area contributed by atoms with E-state index in [4.69, 9.17) is 4.74 Å². The zero-order valence-electron chi connectivity index (χ0n) is 17.0. The van der Waals surface area contributed by atoms with Gasteiger partial charge < -0.3 is 19.9 Å². The molecule has 0 spiro atoms. The van der Waals surface area contributed by atoms with E-state index in [0.717, 1.165) is 11.3 Å². The molecular weight excluding hydrogens is 399 g/mol. The second-order valence-corrected chi connectivity index (χ2v) is 7.38. The first-order valence-electron chi connectivity index (χ1n) is 10.0. The summed E-state index contributed by atoms with van der Waals surface area (Å²) in [4.78, 5) is 34.7. The number of halogens is 1. The van der Waals surface area contributed by atoms with Gasteiger partial charge in [0.05, 0.1) is 19.1 Å². The maximum Gasteiger partial charge on any atom is 0.328 e. The number of rotatable bonds is 5. The second kappa shape index (κ2) is 8.99. The van der Waals surface area contributed by atoms with Crippen LogP contribution in [0.15, 0.2) is 60.9 Å². The quantitative estimate of drug-likeness (QED) is 0.619. The molecule has 2 heterocycles. The van der Waals surface area contributed by atoms with Crippen LogP contribution in [0.25, 0.3) is 0 Å². The van der Waals surface area contributed by atoms with Crippen LogP contribution in [0.1, 0.15) is 28.6 Å². The van der Waals surface area contributed by atoms with Crippen LogP contribution in [-0.2, 0) is 22.4 Å². The average Bonchev–Trinajstić information content (AvgIpc) is 3.27. The van der Waals surface area contributed by atoms with Crippen molar-refractivity contribution in [3.8, 4) is 0 Å². The molecule has 160 valence electrons. The molecule has 2 N–H and O–H groups in total. The first-order chi connectivity index (χ1) is 15.1. The van der Waals surface area contributed by atoms with E-state index in [1.165, 1.54) is 19.2 Å². The number of carbonyl (C=O) groups excluding carboxylic acids is 2. The predicted molar refractivity (Wildman–Crippen MR) is 112 cm³/mol. The predicted octanol–water partition coefficient (Wildman–Crippen LogP) is 2.99. The number of esters is 1. The van der Waals surface area contributed by atoms with Gasteiger partial charge in [-0.25, -0.2) is 19.0 Å². The highest BCUT2D eigenvalue weighted by Gasteiger charge is 2.36. The summed E-state index contributed by atoms with van der Waals surface area (Å²) < 4.78 is 18.9. The van der Waals surface area contributed by atoms with Crippen molar-refractivity contribution in [3.05, 3.63) is 89.3 Å². The molecule has 31 heavy (non-hydrogen) atoms. The van der Waals surface area contributed by atoms with E-state index in [2.05, 4.69) is 15.3 Å². The highest BCUT2D eigenvalue weighted by Crippen LogP contribution is 2.33. The Morgan fingerprint density at radius 2 is 2.06 bits per heavy atom. The molecule has 2 aromatic carbocycles. The van der Waals surface area contributed by atoms with Crippen LogP contribution in [0.4, 0.5) is 9.18 Å². The Morgan fingerprint density at radius 1 is 1.26 bits per heavy atom. The summed E-state index contributed by atoms with van der Waals surface area (Å²) in [6, 6.07) is 13.7. The SMILES string of the molecule is COC(=O)[C@H](Cc1ccccc1)NC(=O)N1CCc2[nH]cnc2[C@H]1c1cccc(F)c1. The lowest BCUT2D eigenvalue weighted by atomic mass is 9.96. The number of fused-ring (bicyclic) bond motifs is 1. The van der Waals surface area contributed by atoms with E-state index < -0.39 is 29.9 Å². The number of nitrogens with one attached hydrogen (secondary N) is 2. The number of nitrogens with zero attached hydrogens (tertiary/aromatic N) is 2. The number of imidazole rings is 1. The lowest BCUT2D eigenvalue weighted by Crippen LogP contribution is -2.52. The van der Waals surface area contributed by atoms with Gasteiger partial charge in [-0.05, 0) is 23.3 Å². The van der Waals surface area contributed by atoms with Crippen molar-refractivity contribution in [2.45, 2.75) is 24.9 Å². The zero-order valence-corrected chi connectivity index (χ0v) is 17.0. The monoisotopic (exact) mass is 422 g/mol. The van der Waals surface area contributed by atoms with Gasteiger partial charge >= 0.3 is 12.0 Å². The first kappa shape index (κ1) is 20.6. The summed E-state index contributed by atoms with van der Waals surface area (Å²) in [5, 5.41) is 2.80. The van der Waals surface area contributed by atoms with Crippen molar-refractivity contribution in [2.75, 3.05) is 13.7 Å². The van der Waals surface area contributed by atoms with Gasteiger partial charge in [-0.2, -0.15) is 0 Å². The zero-order chi connectivity index (χ0) is 21.8. The maximum atomic E-state index is 13.9. The molecule has 1 aromatic heterocycles. The summed E-state index contributed by atoms with van der Waals surface area (Å²) in [6.07, 6.45) is 2.45. The van der Waals surface area contributed by atoms with Crippen LogP contribution in [-0.4, -0.2) is 46.6 Å². The largest absolute Gasteiger partial charge is 0.467 e. The topological polar surface area (TPSA) is 87.3 Å². The van der Waals surface area contributed by atoms with Gasteiger partial charge in [-0.1, -0.05) is 42.5 Å². The molecular formula is C23H23FN4O3. The number of methoxy groups -OCH3 is 1. The van der Waals surface area contributed by atoms with Crippen LogP contribution in [0.5, 0.6) is 0 Å². The molecule has 0 saturated carbocycles. The summed E-state index contributed by atoms with van der Waals surface area (Å²) in [7, 11) is 1.29. The van der Waals surface area contributed by atoms with Crippen molar-refractivity contribution in [1.29, 1.82) is 0 Å².